The van der Waals surface area contributed by atoms with Gasteiger partial charge in [0.2, 0.25) is 11.8 Å². The monoisotopic (exact) mass is 311 g/mol. The third-order valence-electron chi connectivity index (χ3n) is 4.72. The van der Waals surface area contributed by atoms with Gasteiger partial charge in [-0.15, -0.1) is 0 Å². The largest absolute Gasteiger partial charge is 0.342 e. The van der Waals surface area contributed by atoms with E-state index in [1.54, 1.807) is 24.3 Å². The highest BCUT2D eigenvalue weighted by Gasteiger charge is 2.49. The first-order valence-corrected chi connectivity index (χ1v) is 8.19. The Morgan fingerprint density at radius 3 is 2.83 bits per heavy atom. The van der Waals surface area contributed by atoms with Crippen molar-refractivity contribution in [1.82, 2.24) is 4.90 Å². The highest BCUT2D eigenvalue weighted by molar-refractivity contribution is 6.00. The second-order valence-corrected chi connectivity index (χ2v) is 6.63. The van der Waals surface area contributed by atoms with Crippen LogP contribution in [0.3, 0.4) is 0 Å². The molecule has 1 aliphatic heterocycles. The van der Waals surface area contributed by atoms with Crippen molar-refractivity contribution in [3.8, 4) is 6.07 Å². The van der Waals surface area contributed by atoms with E-state index in [0.29, 0.717) is 23.6 Å². The van der Waals surface area contributed by atoms with Crippen LogP contribution in [0.2, 0.25) is 0 Å². The maximum Gasteiger partial charge on any atom is 0.228 e. The fourth-order valence-electron chi connectivity index (χ4n) is 3.30. The Morgan fingerprint density at radius 1 is 1.30 bits per heavy atom. The molecule has 3 unspecified atom stereocenters. The Morgan fingerprint density at radius 2 is 2.09 bits per heavy atom. The Hall–Kier alpha value is -2.35. The van der Waals surface area contributed by atoms with E-state index in [1.165, 1.54) is 6.42 Å². The molecule has 5 heteroatoms. The lowest BCUT2D eigenvalue weighted by atomic mass is 10.00. The maximum atomic E-state index is 12.5. The molecule has 0 aromatic heterocycles. The van der Waals surface area contributed by atoms with Crippen molar-refractivity contribution >= 4 is 17.5 Å². The number of amides is 2. The van der Waals surface area contributed by atoms with Gasteiger partial charge < -0.3 is 10.2 Å². The molecule has 1 aromatic rings. The summed E-state index contributed by atoms with van der Waals surface area (Å²) in [4.78, 5) is 26.7. The van der Waals surface area contributed by atoms with Crippen LogP contribution in [0.5, 0.6) is 0 Å². The molecular formula is C18H21N3O2. The summed E-state index contributed by atoms with van der Waals surface area (Å²) >= 11 is 0. The van der Waals surface area contributed by atoms with E-state index in [4.69, 9.17) is 5.26 Å². The third kappa shape index (κ3) is 3.37. The molecule has 2 amide bonds. The summed E-state index contributed by atoms with van der Waals surface area (Å²) in [5.41, 5.74) is 0.957. The SMILES string of the molecule is CC1CCCN(C(=O)C2CC2C(=O)Nc2ccccc2C#N)C1. The number of carbonyl (C=O) groups is 2. The van der Waals surface area contributed by atoms with Gasteiger partial charge in [0.25, 0.3) is 0 Å². The smallest absolute Gasteiger partial charge is 0.228 e. The summed E-state index contributed by atoms with van der Waals surface area (Å²) in [5, 5.41) is 11.8. The zero-order valence-corrected chi connectivity index (χ0v) is 13.3. The van der Waals surface area contributed by atoms with Gasteiger partial charge in [-0.25, -0.2) is 0 Å². The molecular weight excluding hydrogens is 290 g/mol. The van der Waals surface area contributed by atoms with Crippen LogP contribution < -0.4 is 5.32 Å². The average molecular weight is 311 g/mol. The first-order valence-electron chi connectivity index (χ1n) is 8.19. The number of carbonyl (C=O) groups excluding carboxylic acids is 2. The number of rotatable bonds is 3. The molecule has 3 rings (SSSR count). The average Bonchev–Trinajstić information content (AvgIpc) is 3.35. The van der Waals surface area contributed by atoms with Crippen LogP contribution in [0.1, 0.15) is 31.7 Å². The number of nitrogens with one attached hydrogen (secondary N) is 1. The van der Waals surface area contributed by atoms with Crippen LogP contribution in [0.15, 0.2) is 24.3 Å². The highest BCUT2D eigenvalue weighted by Crippen LogP contribution is 2.41. The summed E-state index contributed by atoms with van der Waals surface area (Å²) in [7, 11) is 0. The van der Waals surface area contributed by atoms with Gasteiger partial charge in [-0.1, -0.05) is 19.1 Å². The van der Waals surface area contributed by atoms with E-state index < -0.39 is 0 Å². The number of nitriles is 1. The van der Waals surface area contributed by atoms with Crippen molar-refractivity contribution in [2.75, 3.05) is 18.4 Å². The van der Waals surface area contributed by atoms with Gasteiger partial charge in [0, 0.05) is 13.1 Å². The summed E-state index contributed by atoms with van der Waals surface area (Å²) < 4.78 is 0. The summed E-state index contributed by atoms with van der Waals surface area (Å²) in [6.07, 6.45) is 2.83. The van der Waals surface area contributed by atoms with Gasteiger partial charge in [0.15, 0.2) is 0 Å². The molecule has 0 spiro atoms. The molecule has 1 saturated heterocycles. The highest BCUT2D eigenvalue weighted by atomic mass is 16.2. The van der Waals surface area contributed by atoms with Gasteiger partial charge in [-0.05, 0) is 37.3 Å². The van der Waals surface area contributed by atoms with Crippen LogP contribution in [-0.4, -0.2) is 29.8 Å². The van der Waals surface area contributed by atoms with Crippen LogP contribution in [0, 0.1) is 29.1 Å². The molecule has 0 bridgehead atoms. The van der Waals surface area contributed by atoms with E-state index in [9.17, 15) is 9.59 Å². The van der Waals surface area contributed by atoms with Gasteiger partial charge >= 0.3 is 0 Å². The van der Waals surface area contributed by atoms with Gasteiger partial charge in [0.1, 0.15) is 6.07 Å². The number of benzene rings is 1. The normalized spacial score (nSPS) is 26.3. The maximum absolute atomic E-state index is 12.5. The van der Waals surface area contributed by atoms with E-state index >= 15 is 0 Å². The summed E-state index contributed by atoms with van der Waals surface area (Å²) in [6.45, 7) is 3.78. The van der Waals surface area contributed by atoms with Gasteiger partial charge in [-0.2, -0.15) is 5.26 Å². The number of likely N-dealkylation sites (tertiary alicyclic amines) is 1. The van der Waals surface area contributed by atoms with Crippen molar-refractivity contribution in [2.45, 2.75) is 26.2 Å². The Balaban J connectivity index is 1.58. The predicted octanol–water partition coefficient (Wildman–Crippen LogP) is 2.39. The third-order valence-corrected chi connectivity index (χ3v) is 4.72. The first-order chi connectivity index (χ1) is 11.1. The first kappa shape index (κ1) is 15.5. The van der Waals surface area contributed by atoms with Gasteiger partial charge in [-0.3, -0.25) is 9.59 Å². The molecule has 5 nitrogen and oxygen atoms in total. The van der Waals surface area contributed by atoms with Crippen LogP contribution in [0.25, 0.3) is 0 Å². The molecule has 120 valence electrons. The standard InChI is InChI=1S/C18H21N3O2/c1-12-5-4-8-21(11-12)18(23)15-9-14(15)17(22)20-16-7-3-2-6-13(16)10-19/h2-3,6-7,12,14-15H,4-5,8-9,11H2,1H3,(H,20,22). The number of nitrogens with zero attached hydrogens (tertiary/aromatic N) is 2. The van der Waals surface area contributed by atoms with E-state index in [2.05, 4.69) is 18.3 Å². The molecule has 1 aromatic carbocycles. The molecule has 2 aliphatic rings. The number of para-hydroxylation sites is 1. The van der Waals surface area contributed by atoms with Crippen LogP contribution in [0.4, 0.5) is 5.69 Å². The van der Waals surface area contributed by atoms with Crippen molar-refractivity contribution in [2.24, 2.45) is 17.8 Å². The number of hydrogen-bond acceptors (Lipinski definition) is 3. The molecule has 3 atom stereocenters. The van der Waals surface area contributed by atoms with Gasteiger partial charge in [0.05, 0.1) is 23.1 Å². The number of piperidine rings is 1. The lowest BCUT2D eigenvalue weighted by molar-refractivity contribution is -0.135. The second-order valence-electron chi connectivity index (χ2n) is 6.63. The number of hydrogen-bond donors (Lipinski definition) is 1. The number of anilines is 1. The molecule has 1 saturated carbocycles. The topological polar surface area (TPSA) is 73.2 Å². The zero-order valence-electron chi connectivity index (χ0n) is 13.3. The van der Waals surface area contributed by atoms with E-state index in [0.717, 1.165) is 19.5 Å². The zero-order chi connectivity index (χ0) is 16.4. The molecule has 0 radical (unpaired) electrons. The van der Waals surface area contributed by atoms with Crippen molar-refractivity contribution in [3.63, 3.8) is 0 Å². The van der Waals surface area contributed by atoms with E-state index in [-0.39, 0.29) is 23.7 Å². The lowest BCUT2D eigenvalue weighted by Crippen LogP contribution is -2.40. The summed E-state index contributed by atoms with van der Waals surface area (Å²) in [5.74, 6) is 0.0589. The van der Waals surface area contributed by atoms with E-state index in [1.807, 2.05) is 4.90 Å². The molecule has 1 heterocycles. The second kappa shape index (κ2) is 6.41. The molecule has 23 heavy (non-hydrogen) atoms. The predicted molar refractivity (Wildman–Crippen MR) is 86.4 cm³/mol. The summed E-state index contributed by atoms with van der Waals surface area (Å²) in [6, 6.07) is 8.98. The Bertz CT molecular complexity index is 664. The van der Waals surface area contributed by atoms with Crippen LogP contribution >= 0.6 is 0 Å². The quantitative estimate of drug-likeness (QED) is 0.931. The van der Waals surface area contributed by atoms with Crippen molar-refractivity contribution < 1.29 is 9.59 Å². The minimum absolute atomic E-state index is 0.116. The van der Waals surface area contributed by atoms with Crippen LogP contribution in [-0.2, 0) is 9.59 Å². The van der Waals surface area contributed by atoms with Crippen molar-refractivity contribution in [3.05, 3.63) is 29.8 Å². The lowest BCUT2D eigenvalue weighted by Gasteiger charge is -2.31. The Kier molecular flexibility index (Phi) is 4.33. The Labute approximate surface area is 136 Å². The minimum Gasteiger partial charge on any atom is -0.342 e. The molecule has 1 aliphatic carbocycles. The fraction of sp³-hybridized carbons (Fsp3) is 0.500. The fourth-order valence-corrected chi connectivity index (χ4v) is 3.30. The minimum atomic E-state index is -0.258. The molecule has 2 fully saturated rings. The molecule has 1 N–H and O–H groups in total. The van der Waals surface area contributed by atoms with Crippen molar-refractivity contribution in [1.29, 1.82) is 5.26 Å².